The van der Waals surface area contributed by atoms with Crippen molar-refractivity contribution in [1.82, 2.24) is 10.2 Å². The molecule has 0 heterocycles. The number of nitrogens with two attached hydrogens (primary N) is 1. The Morgan fingerprint density at radius 1 is 1.35 bits per heavy atom. The number of nitrogens with one attached hydrogen (secondary N) is 2. The molecule has 5 nitrogen and oxygen atoms in total. The Hall–Kier alpha value is -1.75. The Kier molecular flexibility index (Phi) is 5.39. The number of nitrogens with zero attached hydrogens (tertiary/aromatic N) is 1. The molecule has 0 bridgehead atoms. The highest BCUT2D eigenvalue weighted by atomic mass is 16.1. The van der Waals surface area contributed by atoms with E-state index in [2.05, 4.69) is 29.4 Å². The quantitative estimate of drug-likeness (QED) is 0.694. The number of amides is 1. The fourth-order valence-corrected chi connectivity index (χ4v) is 1.60. The third-order valence-corrected chi connectivity index (χ3v) is 3.57. The lowest BCUT2D eigenvalue weighted by molar-refractivity contribution is 0.0956. The largest absolute Gasteiger partial charge is 0.397 e. The molecule has 0 aliphatic rings. The van der Waals surface area contributed by atoms with Crippen LogP contribution < -0.4 is 16.4 Å². The van der Waals surface area contributed by atoms with Crippen LogP contribution in [0.4, 0.5) is 11.4 Å². The molecule has 0 radical (unpaired) electrons. The van der Waals surface area contributed by atoms with Crippen LogP contribution in [0, 0.1) is 0 Å². The van der Waals surface area contributed by atoms with E-state index in [1.807, 2.05) is 27.1 Å². The lowest BCUT2D eigenvalue weighted by Crippen LogP contribution is -2.44. The highest BCUT2D eigenvalue weighted by molar-refractivity contribution is 5.96. The average molecular weight is 278 g/mol. The Balaban J connectivity index is 2.77. The van der Waals surface area contributed by atoms with E-state index in [0.717, 1.165) is 12.2 Å². The molecule has 0 aliphatic carbocycles. The molecule has 0 aliphatic heterocycles. The van der Waals surface area contributed by atoms with E-state index >= 15 is 0 Å². The van der Waals surface area contributed by atoms with Gasteiger partial charge >= 0.3 is 0 Å². The van der Waals surface area contributed by atoms with Crippen molar-refractivity contribution in [1.29, 1.82) is 0 Å². The summed E-state index contributed by atoms with van der Waals surface area (Å²) >= 11 is 0. The second kappa shape index (κ2) is 6.61. The smallest absolute Gasteiger partial charge is 0.251 e. The van der Waals surface area contributed by atoms with Crippen molar-refractivity contribution in [3.8, 4) is 0 Å². The van der Waals surface area contributed by atoms with E-state index in [9.17, 15) is 4.79 Å². The van der Waals surface area contributed by atoms with E-state index in [1.54, 1.807) is 12.1 Å². The summed E-state index contributed by atoms with van der Waals surface area (Å²) in [6.45, 7) is 7.57. The second-order valence-electron chi connectivity index (χ2n) is 5.72. The number of carbonyl (C=O) groups is 1. The summed E-state index contributed by atoms with van der Waals surface area (Å²) in [5.41, 5.74) is 8.05. The summed E-state index contributed by atoms with van der Waals surface area (Å²) in [7, 11) is 4.09. The molecule has 0 saturated heterocycles. The highest BCUT2D eigenvalue weighted by Gasteiger charge is 2.20. The predicted octanol–water partition coefficient (Wildman–Crippen LogP) is 1.77. The Morgan fingerprint density at radius 3 is 2.50 bits per heavy atom. The zero-order valence-electron chi connectivity index (χ0n) is 13.1. The second-order valence-corrected chi connectivity index (χ2v) is 5.72. The first-order valence-corrected chi connectivity index (χ1v) is 6.87. The molecule has 1 amide bonds. The third-order valence-electron chi connectivity index (χ3n) is 3.57. The molecule has 20 heavy (non-hydrogen) atoms. The average Bonchev–Trinajstić information content (AvgIpc) is 2.37. The van der Waals surface area contributed by atoms with Gasteiger partial charge in [0.15, 0.2) is 0 Å². The van der Waals surface area contributed by atoms with Gasteiger partial charge in [-0.15, -0.1) is 0 Å². The molecular weight excluding hydrogens is 252 g/mol. The van der Waals surface area contributed by atoms with Gasteiger partial charge in [0.05, 0.1) is 11.4 Å². The molecule has 0 fully saturated rings. The van der Waals surface area contributed by atoms with Crippen LogP contribution in [0.2, 0.25) is 0 Å². The van der Waals surface area contributed by atoms with Gasteiger partial charge in [0.1, 0.15) is 0 Å². The van der Waals surface area contributed by atoms with Gasteiger partial charge in [-0.05, 0) is 53.1 Å². The number of hydrogen-bond donors (Lipinski definition) is 3. The van der Waals surface area contributed by atoms with Crippen molar-refractivity contribution in [2.75, 3.05) is 38.2 Å². The van der Waals surface area contributed by atoms with Gasteiger partial charge < -0.3 is 21.3 Å². The fourth-order valence-electron chi connectivity index (χ4n) is 1.60. The van der Waals surface area contributed by atoms with Crippen molar-refractivity contribution in [3.63, 3.8) is 0 Å². The fraction of sp³-hybridized carbons (Fsp3) is 0.533. The zero-order valence-corrected chi connectivity index (χ0v) is 13.1. The van der Waals surface area contributed by atoms with E-state index in [-0.39, 0.29) is 11.4 Å². The predicted molar refractivity (Wildman–Crippen MR) is 85.1 cm³/mol. The van der Waals surface area contributed by atoms with Gasteiger partial charge in [0.25, 0.3) is 5.91 Å². The highest BCUT2D eigenvalue weighted by Crippen LogP contribution is 2.21. The number of benzene rings is 1. The zero-order chi connectivity index (χ0) is 15.3. The van der Waals surface area contributed by atoms with Crippen LogP contribution >= 0.6 is 0 Å². The van der Waals surface area contributed by atoms with Crippen LogP contribution in [-0.2, 0) is 0 Å². The van der Waals surface area contributed by atoms with Gasteiger partial charge in [-0.1, -0.05) is 0 Å². The first-order valence-electron chi connectivity index (χ1n) is 6.87. The van der Waals surface area contributed by atoms with Crippen LogP contribution in [0.3, 0.4) is 0 Å². The minimum absolute atomic E-state index is 0.0185. The van der Waals surface area contributed by atoms with Gasteiger partial charge in [0, 0.05) is 24.2 Å². The van der Waals surface area contributed by atoms with Gasteiger partial charge in [-0.3, -0.25) is 4.79 Å². The van der Waals surface area contributed by atoms with Crippen LogP contribution in [0.15, 0.2) is 18.2 Å². The Labute approximate surface area is 121 Å². The standard InChI is InChI=1S/C15H26N4O/c1-6-17-14(20)11-7-8-13(12(16)9-11)18-10-15(2,3)19(4)5/h7-9,18H,6,10,16H2,1-5H3,(H,17,20). The molecule has 112 valence electrons. The number of anilines is 2. The van der Waals surface area contributed by atoms with E-state index in [4.69, 9.17) is 5.73 Å². The summed E-state index contributed by atoms with van der Waals surface area (Å²) < 4.78 is 0. The number of carbonyl (C=O) groups excluding carboxylic acids is 1. The molecule has 1 aromatic rings. The summed E-state index contributed by atoms with van der Waals surface area (Å²) in [5, 5.41) is 6.09. The molecule has 0 atom stereocenters. The molecule has 0 aromatic heterocycles. The molecule has 0 saturated carbocycles. The van der Waals surface area contributed by atoms with Crippen LogP contribution in [0.5, 0.6) is 0 Å². The Bertz CT molecular complexity index is 469. The van der Waals surface area contributed by atoms with Crippen LogP contribution in [0.25, 0.3) is 0 Å². The summed E-state index contributed by atoms with van der Waals surface area (Å²) in [6.07, 6.45) is 0. The summed E-state index contributed by atoms with van der Waals surface area (Å²) in [5.74, 6) is -0.0978. The number of nitrogen functional groups attached to an aromatic ring is 1. The van der Waals surface area contributed by atoms with Crippen molar-refractivity contribution < 1.29 is 4.79 Å². The minimum Gasteiger partial charge on any atom is -0.397 e. The van der Waals surface area contributed by atoms with Crippen molar-refractivity contribution >= 4 is 17.3 Å². The maximum absolute atomic E-state index is 11.7. The topological polar surface area (TPSA) is 70.4 Å². The van der Waals surface area contributed by atoms with Gasteiger partial charge in [-0.25, -0.2) is 0 Å². The van der Waals surface area contributed by atoms with Gasteiger partial charge in [0.2, 0.25) is 0 Å². The van der Waals surface area contributed by atoms with Crippen molar-refractivity contribution in [3.05, 3.63) is 23.8 Å². The number of hydrogen-bond acceptors (Lipinski definition) is 4. The minimum atomic E-state index is -0.0978. The van der Waals surface area contributed by atoms with E-state index < -0.39 is 0 Å². The molecule has 0 unspecified atom stereocenters. The SMILES string of the molecule is CCNC(=O)c1ccc(NCC(C)(C)N(C)C)c(N)c1. The van der Waals surface area contributed by atoms with Crippen molar-refractivity contribution in [2.45, 2.75) is 26.3 Å². The summed E-state index contributed by atoms with van der Waals surface area (Å²) in [4.78, 5) is 13.9. The molecule has 4 N–H and O–H groups in total. The third kappa shape index (κ3) is 4.13. The Morgan fingerprint density at radius 2 is 2.00 bits per heavy atom. The lowest BCUT2D eigenvalue weighted by atomic mass is 10.0. The van der Waals surface area contributed by atoms with Crippen molar-refractivity contribution in [2.24, 2.45) is 0 Å². The first kappa shape index (κ1) is 16.3. The number of rotatable bonds is 6. The van der Waals surface area contributed by atoms with E-state index in [0.29, 0.717) is 17.8 Å². The normalized spacial score (nSPS) is 11.5. The van der Waals surface area contributed by atoms with E-state index in [1.165, 1.54) is 0 Å². The van der Waals surface area contributed by atoms with Crippen LogP contribution in [-0.4, -0.2) is 43.5 Å². The lowest BCUT2D eigenvalue weighted by Gasteiger charge is -2.33. The maximum Gasteiger partial charge on any atom is 0.251 e. The monoisotopic (exact) mass is 278 g/mol. The molecule has 0 spiro atoms. The van der Waals surface area contributed by atoms with Gasteiger partial charge in [-0.2, -0.15) is 0 Å². The summed E-state index contributed by atoms with van der Waals surface area (Å²) in [6, 6.07) is 5.34. The molecule has 1 rings (SSSR count). The number of likely N-dealkylation sites (N-methyl/N-ethyl adjacent to an activating group) is 1. The van der Waals surface area contributed by atoms with Crippen LogP contribution in [0.1, 0.15) is 31.1 Å². The molecule has 1 aromatic carbocycles. The first-order chi connectivity index (χ1) is 9.27. The molecular formula is C15H26N4O. The molecule has 5 heteroatoms. The maximum atomic E-state index is 11.7.